The minimum absolute atomic E-state index is 0.0202. The van der Waals surface area contributed by atoms with Crippen LogP contribution in [0.3, 0.4) is 0 Å². The van der Waals surface area contributed by atoms with Crippen LogP contribution in [0.4, 0.5) is 5.69 Å². The second-order valence-corrected chi connectivity index (χ2v) is 6.94. The molecule has 1 atom stereocenters. The molecule has 1 aliphatic rings. The number of non-ortho nitro benzene ring substituents is 1. The Balaban J connectivity index is 1.97. The van der Waals surface area contributed by atoms with Crippen LogP contribution >= 0.6 is 23.4 Å². The quantitative estimate of drug-likeness (QED) is 0.413. The number of ether oxygens (including phenoxy) is 2. The smallest absolute Gasteiger partial charge is 0.340 e. The molecule has 1 aromatic rings. The van der Waals surface area contributed by atoms with Crippen LogP contribution in [0, 0.1) is 10.1 Å². The van der Waals surface area contributed by atoms with E-state index in [1.807, 2.05) is 0 Å². The molecule has 140 valence electrons. The van der Waals surface area contributed by atoms with Gasteiger partial charge in [-0.2, -0.15) is 0 Å². The first-order valence-corrected chi connectivity index (χ1v) is 8.84. The average Bonchev–Trinajstić information content (AvgIpc) is 2.65. The molecule has 0 aromatic heterocycles. The number of amides is 1. The van der Waals surface area contributed by atoms with Crippen molar-refractivity contribution in [3.63, 3.8) is 0 Å². The Kier molecular flexibility index (Phi) is 6.81. The van der Waals surface area contributed by atoms with Crippen molar-refractivity contribution in [1.29, 1.82) is 0 Å². The van der Waals surface area contributed by atoms with Crippen LogP contribution < -0.4 is 0 Å². The Morgan fingerprint density at radius 1 is 1.42 bits per heavy atom. The van der Waals surface area contributed by atoms with E-state index < -0.39 is 34.6 Å². The molecule has 0 unspecified atom stereocenters. The lowest BCUT2D eigenvalue weighted by Crippen LogP contribution is -2.46. The fraction of sp³-hybridized carbons (Fsp3) is 0.400. The molecular weight excluding hydrogens is 388 g/mol. The van der Waals surface area contributed by atoms with Gasteiger partial charge in [-0.15, -0.1) is 11.8 Å². The molecule has 1 aliphatic heterocycles. The summed E-state index contributed by atoms with van der Waals surface area (Å²) in [4.78, 5) is 47.4. The first-order chi connectivity index (χ1) is 12.3. The maximum absolute atomic E-state index is 12.2. The first kappa shape index (κ1) is 20.0. The van der Waals surface area contributed by atoms with E-state index in [0.717, 1.165) is 12.1 Å². The number of esters is 2. The van der Waals surface area contributed by atoms with E-state index in [0.29, 0.717) is 12.3 Å². The molecule has 9 nitrogen and oxygen atoms in total. The topological polar surface area (TPSA) is 116 Å². The van der Waals surface area contributed by atoms with Gasteiger partial charge in [0.1, 0.15) is 5.25 Å². The van der Waals surface area contributed by atoms with Crippen LogP contribution in [-0.4, -0.2) is 65.5 Å². The number of benzene rings is 1. The summed E-state index contributed by atoms with van der Waals surface area (Å²) in [6, 6.07) is 3.35. The zero-order valence-corrected chi connectivity index (χ0v) is 15.2. The molecule has 2 rings (SSSR count). The number of carbonyl (C=O) groups excluding carboxylic acids is 3. The van der Waals surface area contributed by atoms with Gasteiger partial charge >= 0.3 is 11.9 Å². The van der Waals surface area contributed by atoms with Gasteiger partial charge in [-0.1, -0.05) is 11.6 Å². The normalized spacial score (nSPS) is 16.7. The molecule has 1 saturated heterocycles. The van der Waals surface area contributed by atoms with E-state index in [2.05, 4.69) is 4.74 Å². The Bertz CT molecular complexity index is 743. The number of carbonyl (C=O) groups is 3. The highest BCUT2D eigenvalue weighted by Crippen LogP contribution is 2.23. The molecule has 1 aromatic carbocycles. The van der Waals surface area contributed by atoms with Crippen molar-refractivity contribution in [2.45, 2.75) is 5.25 Å². The molecule has 26 heavy (non-hydrogen) atoms. The fourth-order valence-corrected chi connectivity index (χ4v) is 3.55. The van der Waals surface area contributed by atoms with Gasteiger partial charge in [0.05, 0.1) is 22.6 Å². The van der Waals surface area contributed by atoms with Gasteiger partial charge < -0.3 is 14.4 Å². The summed E-state index contributed by atoms with van der Waals surface area (Å²) in [5.74, 6) is -1.29. The number of hydrogen-bond acceptors (Lipinski definition) is 8. The van der Waals surface area contributed by atoms with Crippen LogP contribution in [0.2, 0.25) is 5.02 Å². The van der Waals surface area contributed by atoms with E-state index in [4.69, 9.17) is 16.3 Å². The Morgan fingerprint density at radius 2 is 2.15 bits per heavy atom. The summed E-state index contributed by atoms with van der Waals surface area (Å²) in [6.45, 7) is 0.00775. The SMILES string of the molecule is COC(=O)[C@@H]1CN(C(=O)COC(=O)c2cc([N+](=O)[O-])ccc2Cl)CCS1. The zero-order valence-electron chi connectivity index (χ0n) is 13.7. The minimum atomic E-state index is -0.942. The molecule has 1 fully saturated rings. The van der Waals surface area contributed by atoms with Crippen LogP contribution in [0.15, 0.2) is 18.2 Å². The van der Waals surface area contributed by atoms with E-state index in [1.165, 1.54) is 29.8 Å². The van der Waals surface area contributed by atoms with Crippen molar-refractivity contribution in [3.8, 4) is 0 Å². The number of rotatable bonds is 5. The third-order valence-corrected chi connectivity index (χ3v) is 5.08. The first-order valence-electron chi connectivity index (χ1n) is 7.41. The predicted molar refractivity (Wildman–Crippen MR) is 93.2 cm³/mol. The van der Waals surface area contributed by atoms with E-state index in [9.17, 15) is 24.5 Å². The largest absolute Gasteiger partial charge is 0.468 e. The second kappa shape index (κ2) is 8.86. The van der Waals surface area contributed by atoms with Gasteiger partial charge in [0.2, 0.25) is 0 Å². The van der Waals surface area contributed by atoms with Crippen LogP contribution in [-0.2, 0) is 19.1 Å². The summed E-state index contributed by atoms with van der Waals surface area (Å²) >= 11 is 7.24. The maximum atomic E-state index is 12.2. The maximum Gasteiger partial charge on any atom is 0.340 e. The molecule has 0 aliphatic carbocycles. The molecule has 0 radical (unpaired) electrons. The highest BCUT2D eigenvalue weighted by atomic mass is 35.5. The number of nitrogens with zero attached hydrogens (tertiary/aromatic N) is 2. The van der Waals surface area contributed by atoms with E-state index >= 15 is 0 Å². The molecule has 1 heterocycles. The lowest BCUT2D eigenvalue weighted by atomic mass is 10.2. The van der Waals surface area contributed by atoms with Gasteiger partial charge in [-0.25, -0.2) is 4.79 Å². The molecule has 0 bridgehead atoms. The van der Waals surface area contributed by atoms with Crippen molar-refractivity contribution in [2.75, 3.05) is 32.6 Å². The lowest BCUT2D eigenvalue weighted by Gasteiger charge is -2.30. The van der Waals surface area contributed by atoms with E-state index in [-0.39, 0.29) is 22.8 Å². The average molecular weight is 403 g/mol. The number of nitro benzene ring substituents is 1. The molecular formula is C15H15ClN2O7S. The number of thioether (sulfide) groups is 1. The standard InChI is InChI=1S/C15H15ClN2O7S/c1-24-15(21)12-7-17(4-5-26-12)13(19)8-25-14(20)10-6-9(18(22)23)2-3-11(10)16/h2-3,6,12H,4-5,7-8H2,1H3/t12-/m0/s1. The third kappa shape index (κ3) is 4.85. The molecule has 11 heteroatoms. The number of methoxy groups -OCH3 is 1. The monoisotopic (exact) mass is 402 g/mol. The van der Waals surface area contributed by atoms with E-state index in [1.54, 1.807) is 0 Å². The molecule has 1 amide bonds. The van der Waals surface area contributed by atoms with Crippen molar-refractivity contribution in [1.82, 2.24) is 4.90 Å². The van der Waals surface area contributed by atoms with Gasteiger partial charge in [-0.05, 0) is 6.07 Å². The number of halogens is 1. The second-order valence-electron chi connectivity index (χ2n) is 5.22. The Labute approximate surface area is 157 Å². The van der Waals surface area contributed by atoms with Crippen LogP contribution in [0.1, 0.15) is 10.4 Å². The summed E-state index contributed by atoms with van der Waals surface area (Å²) in [5.41, 5.74) is -0.517. The lowest BCUT2D eigenvalue weighted by molar-refractivity contribution is -0.384. The molecule has 0 spiro atoms. The summed E-state index contributed by atoms with van der Waals surface area (Å²) in [6.07, 6.45) is 0. The Hall–Kier alpha value is -2.33. The van der Waals surface area contributed by atoms with Gasteiger partial charge in [0.15, 0.2) is 6.61 Å². The summed E-state index contributed by atoms with van der Waals surface area (Å²) < 4.78 is 9.59. The molecule has 0 saturated carbocycles. The predicted octanol–water partition coefficient (Wildman–Crippen LogP) is 1.52. The molecule has 0 N–H and O–H groups in total. The zero-order chi connectivity index (χ0) is 19.3. The van der Waals surface area contributed by atoms with Crippen LogP contribution in [0.25, 0.3) is 0 Å². The van der Waals surface area contributed by atoms with Crippen LogP contribution in [0.5, 0.6) is 0 Å². The highest BCUT2D eigenvalue weighted by Gasteiger charge is 2.30. The van der Waals surface area contributed by atoms with Crippen molar-refractivity contribution in [2.24, 2.45) is 0 Å². The summed E-state index contributed by atoms with van der Waals surface area (Å²) in [7, 11) is 1.27. The Morgan fingerprint density at radius 3 is 2.81 bits per heavy atom. The van der Waals surface area contributed by atoms with Crippen molar-refractivity contribution < 1.29 is 28.8 Å². The number of hydrogen-bond donors (Lipinski definition) is 0. The van der Waals surface area contributed by atoms with Crippen molar-refractivity contribution in [3.05, 3.63) is 38.9 Å². The minimum Gasteiger partial charge on any atom is -0.468 e. The van der Waals surface area contributed by atoms with Gasteiger partial charge in [-0.3, -0.25) is 19.7 Å². The number of nitro groups is 1. The highest BCUT2D eigenvalue weighted by molar-refractivity contribution is 8.00. The van der Waals surface area contributed by atoms with Gasteiger partial charge in [0, 0.05) is 31.0 Å². The summed E-state index contributed by atoms with van der Waals surface area (Å²) in [5, 5.41) is 10.3. The van der Waals surface area contributed by atoms with Gasteiger partial charge in [0.25, 0.3) is 11.6 Å². The third-order valence-electron chi connectivity index (χ3n) is 3.59. The fourth-order valence-electron chi connectivity index (χ4n) is 2.23. The van der Waals surface area contributed by atoms with Crippen molar-refractivity contribution >= 4 is 46.9 Å².